The van der Waals surface area contributed by atoms with E-state index in [0.717, 1.165) is 63.1 Å². The maximum atomic E-state index is 13.6. The number of Topliss-reactive ketones (excluding diaryl/α,β-unsaturated/α-hetero) is 1. The van der Waals surface area contributed by atoms with E-state index in [4.69, 9.17) is 4.74 Å². The Morgan fingerprint density at radius 3 is 2.60 bits per heavy atom. The second-order valence-electron chi connectivity index (χ2n) is 14.3. The molecule has 1 aromatic carbocycles. The van der Waals surface area contributed by atoms with Crippen molar-refractivity contribution < 1.29 is 29.3 Å². The van der Waals surface area contributed by atoms with Crippen LogP contribution in [0.5, 0.6) is 0 Å². The third-order valence-electron chi connectivity index (χ3n) is 12.0. The number of ketones is 2. The van der Waals surface area contributed by atoms with Gasteiger partial charge in [0.15, 0.2) is 12.4 Å². The van der Waals surface area contributed by atoms with Crippen LogP contribution in [0.15, 0.2) is 35.9 Å². The molecule has 42 heavy (non-hydrogen) atoms. The molecule has 0 amide bonds. The molecule has 2 N–H and O–H groups in total. The number of carbonyl (C=O) groups is 3. The lowest BCUT2D eigenvalue weighted by Gasteiger charge is -2.60. The molecule has 1 heterocycles. The zero-order valence-corrected chi connectivity index (χ0v) is 25.3. The lowest BCUT2D eigenvalue weighted by atomic mass is 9.45. The SMILES string of the molecule is CN1CCN(Cc2cccc(C(=O)OCC(=O)[C@@]3(O)CCC4C5CCC6=CC(=O)CCC6(C)C5C(O)CC43C)c2)CC1. The highest BCUT2D eigenvalue weighted by Gasteiger charge is 2.68. The Morgan fingerprint density at radius 1 is 1.07 bits per heavy atom. The molecule has 3 saturated carbocycles. The molecule has 0 radical (unpaired) electrons. The van der Waals surface area contributed by atoms with Crippen LogP contribution in [0.3, 0.4) is 0 Å². The third-order valence-corrected chi connectivity index (χ3v) is 12.0. The van der Waals surface area contributed by atoms with Crippen LogP contribution < -0.4 is 0 Å². The summed E-state index contributed by atoms with van der Waals surface area (Å²) in [5, 5.41) is 23.6. The predicted octanol–water partition coefficient (Wildman–Crippen LogP) is 3.39. The molecule has 6 unspecified atom stereocenters. The number of hydrogen-bond donors (Lipinski definition) is 2. The van der Waals surface area contributed by atoms with E-state index in [1.54, 1.807) is 6.07 Å². The lowest BCUT2D eigenvalue weighted by molar-refractivity contribution is -0.182. The molecule has 8 nitrogen and oxygen atoms in total. The number of rotatable bonds is 6. The summed E-state index contributed by atoms with van der Waals surface area (Å²) in [4.78, 5) is 43.5. The van der Waals surface area contributed by atoms with Gasteiger partial charge in [-0.25, -0.2) is 4.79 Å². The Kier molecular flexibility index (Phi) is 7.74. The van der Waals surface area contributed by atoms with Gasteiger partial charge in [-0.3, -0.25) is 14.5 Å². The number of hydrogen-bond acceptors (Lipinski definition) is 8. The summed E-state index contributed by atoms with van der Waals surface area (Å²) in [5.74, 6) is -0.613. The van der Waals surface area contributed by atoms with Gasteiger partial charge < -0.3 is 19.8 Å². The molecule has 228 valence electrons. The number of piperazine rings is 1. The van der Waals surface area contributed by atoms with Crippen molar-refractivity contribution in [2.24, 2.45) is 28.6 Å². The van der Waals surface area contributed by atoms with Crippen molar-refractivity contribution in [3.05, 3.63) is 47.0 Å². The van der Waals surface area contributed by atoms with Gasteiger partial charge in [0.1, 0.15) is 5.60 Å². The Labute approximate surface area is 249 Å². The lowest BCUT2D eigenvalue weighted by Crippen LogP contribution is -2.62. The molecule has 4 fully saturated rings. The van der Waals surface area contributed by atoms with Crippen LogP contribution >= 0.6 is 0 Å². The second-order valence-corrected chi connectivity index (χ2v) is 14.3. The van der Waals surface area contributed by atoms with Crippen molar-refractivity contribution in [3.63, 3.8) is 0 Å². The fourth-order valence-electron chi connectivity index (χ4n) is 9.54. The molecule has 5 aliphatic rings. The molecule has 4 aliphatic carbocycles. The minimum absolute atomic E-state index is 0.0112. The number of aliphatic hydroxyl groups excluding tert-OH is 1. The van der Waals surface area contributed by atoms with E-state index in [-0.39, 0.29) is 29.0 Å². The number of carbonyl (C=O) groups excluding carboxylic acids is 3. The number of allylic oxidation sites excluding steroid dienone is 1. The van der Waals surface area contributed by atoms with Gasteiger partial charge in [-0.05, 0) is 92.5 Å². The zero-order valence-electron chi connectivity index (χ0n) is 25.3. The Bertz CT molecular complexity index is 1290. The molecule has 8 heteroatoms. The van der Waals surface area contributed by atoms with Crippen LogP contribution in [0.25, 0.3) is 0 Å². The number of nitrogens with zero attached hydrogens (tertiary/aromatic N) is 2. The summed E-state index contributed by atoms with van der Waals surface area (Å²) in [6.45, 7) is 8.40. The summed E-state index contributed by atoms with van der Waals surface area (Å²) in [7, 11) is 2.12. The van der Waals surface area contributed by atoms with Gasteiger partial charge in [-0.1, -0.05) is 31.6 Å². The molecule has 1 saturated heterocycles. The van der Waals surface area contributed by atoms with E-state index in [1.807, 2.05) is 31.2 Å². The van der Waals surface area contributed by atoms with Crippen molar-refractivity contribution in [1.82, 2.24) is 9.80 Å². The first kappa shape index (κ1) is 29.7. The second kappa shape index (κ2) is 11.0. The molecule has 0 bridgehead atoms. The topological polar surface area (TPSA) is 107 Å². The summed E-state index contributed by atoms with van der Waals surface area (Å²) in [5.41, 5.74) is -0.104. The number of ether oxygens (including phenoxy) is 1. The predicted molar refractivity (Wildman–Crippen MR) is 158 cm³/mol. The number of benzene rings is 1. The first-order valence-electron chi connectivity index (χ1n) is 15.8. The Morgan fingerprint density at radius 2 is 1.83 bits per heavy atom. The van der Waals surface area contributed by atoms with Crippen LogP contribution in [-0.2, 0) is 20.9 Å². The number of esters is 1. The van der Waals surface area contributed by atoms with Crippen LogP contribution in [-0.4, -0.2) is 89.1 Å². The van der Waals surface area contributed by atoms with Gasteiger partial charge >= 0.3 is 5.97 Å². The molecular weight excluding hydrogens is 532 g/mol. The molecule has 6 rings (SSSR count). The first-order valence-corrected chi connectivity index (χ1v) is 15.8. The van der Waals surface area contributed by atoms with Gasteiger partial charge in [0.05, 0.1) is 11.7 Å². The number of aliphatic hydroxyl groups is 2. The minimum atomic E-state index is -1.66. The fraction of sp³-hybridized carbons (Fsp3) is 0.676. The van der Waals surface area contributed by atoms with Crippen LogP contribution in [0.1, 0.15) is 74.7 Å². The monoisotopic (exact) mass is 578 g/mol. The third kappa shape index (κ3) is 4.88. The van der Waals surface area contributed by atoms with Gasteiger partial charge in [-0.2, -0.15) is 0 Å². The van der Waals surface area contributed by atoms with E-state index in [1.165, 1.54) is 0 Å². The normalized spacial score (nSPS) is 38.7. The van der Waals surface area contributed by atoms with Gasteiger partial charge in [0, 0.05) is 44.6 Å². The van der Waals surface area contributed by atoms with E-state index in [9.17, 15) is 24.6 Å². The summed E-state index contributed by atoms with van der Waals surface area (Å²) < 4.78 is 5.51. The maximum absolute atomic E-state index is 13.6. The van der Waals surface area contributed by atoms with Crippen LogP contribution in [0.4, 0.5) is 0 Å². The highest BCUT2D eigenvalue weighted by Crippen LogP contribution is 2.67. The highest BCUT2D eigenvalue weighted by molar-refractivity contribution is 5.94. The smallest absolute Gasteiger partial charge is 0.338 e. The van der Waals surface area contributed by atoms with Crippen molar-refractivity contribution in [3.8, 4) is 0 Å². The van der Waals surface area contributed by atoms with Gasteiger partial charge in [0.2, 0.25) is 5.78 Å². The molecule has 1 aromatic rings. The molecule has 0 aromatic heterocycles. The first-order chi connectivity index (χ1) is 19.9. The van der Waals surface area contributed by atoms with Crippen molar-refractivity contribution in [1.29, 1.82) is 0 Å². The standard InChI is InChI=1S/C34H46N2O6/c1-32-11-9-25(37)18-24(32)7-8-26-27-10-12-34(41,33(27,2)19-28(38)30(26)32)29(39)21-42-31(40)23-6-4-5-22(17-23)20-36-15-13-35(3)14-16-36/h4-6,17-18,26-28,30,38,41H,7-16,19-21H2,1-3H3/t26?,27?,28?,30?,32?,33?,34-/m0/s1. The minimum Gasteiger partial charge on any atom is -0.454 e. The van der Waals surface area contributed by atoms with E-state index < -0.39 is 35.5 Å². The molecular formula is C34H46N2O6. The Balaban J connectivity index is 1.12. The van der Waals surface area contributed by atoms with Crippen LogP contribution in [0.2, 0.25) is 0 Å². The quantitative estimate of drug-likeness (QED) is 0.495. The summed E-state index contributed by atoms with van der Waals surface area (Å²) in [6, 6.07) is 7.37. The Hall–Kier alpha value is -2.39. The maximum Gasteiger partial charge on any atom is 0.338 e. The molecule has 0 spiro atoms. The van der Waals surface area contributed by atoms with E-state index in [0.29, 0.717) is 31.2 Å². The van der Waals surface area contributed by atoms with Gasteiger partial charge in [0.25, 0.3) is 0 Å². The van der Waals surface area contributed by atoms with Crippen molar-refractivity contribution >= 4 is 17.5 Å². The van der Waals surface area contributed by atoms with Crippen molar-refractivity contribution in [2.45, 2.75) is 77.0 Å². The largest absolute Gasteiger partial charge is 0.454 e. The van der Waals surface area contributed by atoms with Crippen LogP contribution in [0, 0.1) is 28.6 Å². The summed E-state index contributed by atoms with van der Waals surface area (Å²) in [6.07, 6.45) is 5.37. The number of likely N-dealkylation sites (N-methyl/N-ethyl adjacent to an activating group) is 1. The average Bonchev–Trinajstić information content (AvgIpc) is 3.23. The van der Waals surface area contributed by atoms with E-state index in [2.05, 4.69) is 23.8 Å². The average molecular weight is 579 g/mol. The zero-order chi connectivity index (χ0) is 29.9. The van der Waals surface area contributed by atoms with Gasteiger partial charge in [-0.15, -0.1) is 0 Å². The highest BCUT2D eigenvalue weighted by atomic mass is 16.5. The van der Waals surface area contributed by atoms with E-state index >= 15 is 0 Å². The molecule has 7 atom stereocenters. The van der Waals surface area contributed by atoms with Crippen molar-refractivity contribution in [2.75, 3.05) is 39.8 Å². The fourth-order valence-corrected chi connectivity index (χ4v) is 9.54. The summed E-state index contributed by atoms with van der Waals surface area (Å²) >= 11 is 0. The molecule has 1 aliphatic heterocycles. The number of fused-ring (bicyclic) bond motifs is 5.